The van der Waals surface area contributed by atoms with Crippen molar-refractivity contribution in [3.8, 4) is 24.2 Å². The molecule has 1 aromatic rings. The first-order valence-corrected chi connectivity index (χ1v) is 4.68. The lowest BCUT2D eigenvalue weighted by molar-refractivity contribution is 0.0791. The number of amides is 1. The smallest absolute Gasteiger partial charge is 0.258 e. The Labute approximate surface area is 97.9 Å². The molecule has 0 aliphatic carbocycles. The van der Waals surface area contributed by atoms with E-state index in [9.17, 15) is 9.18 Å². The van der Waals surface area contributed by atoms with Gasteiger partial charge in [0.25, 0.3) is 5.91 Å². The highest BCUT2D eigenvalue weighted by atomic mass is 19.1. The standard InChI is InChI=1S/C12H9FN2O2/c1-2-6-15(7-5-14)12(17)10-4-3-9(16)8-11(10)13/h1,3-4,8,16H,6-7H2. The van der Waals surface area contributed by atoms with E-state index in [-0.39, 0.29) is 24.4 Å². The van der Waals surface area contributed by atoms with Crippen LogP contribution in [0, 0.1) is 29.5 Å². The van der Waals surface area contributed by atoms with Crippen LogP contribution in [0.3, 0.4) is 0 Å². The minimum atomic E-state index is -0.852. The number of terminal acetylenes is 1. The third-order valence-corrected chi connectivity index (χ3v) is 2.01. The quantitative estimate of drug-likeness (QED) is 0.627. The summed E-state index contributed by atoms with van der Waals surface area (Å²) in [6, 6.07) is 4.94. The van der Waals surface area contributed by atoms with Crippen LogP contribution in [0.2, 0.25) is 0 Å². The fourth-order valence-corrected chi connectivity index (χ4v) is 1.24. The molecular weight excluding hydrogens is 223 g/mol. The van der Waals surface area contributed by atoms with E-state index < -0.39 is 11.7 Å². The predicted molar refractivity (Wildman–Crippen MR) is 58.4 cm³/mol. The number of phenolic OH excluding ortho intramolecular Hbond substituents is 1. The average molecular weight is 232 g/mol. The zero-order chi connectivity index (χ0) is 12.8. The number of carbonyl (C=O) groups excluding carboxylic acids is 1. The summed E-state index contributed by atoms with van der Waals surface area (Å²) in [6.45, 7) is -0.296. The van der Waals surface area contributed by atoms with E-state index in [4.69, 9.17) is 16.8 Å². The minimum absolute atomic E-state index is 0.0767. The number of benzene rings is 1. The van der Waals surface area contributed by atoms with Crippen LogP contribution in [0.4, 0.5) is 4.39 Å². The van der Waals surface area contributed by atoms with E-state index in [0.717, 1.165) is 17.0 Å². The second-order valence-electron chi connectivity index (χ2n) is 3.19. The van der Waals surface area contributed by atoms with Gasteiger partial charge in [-0.3, -0.25) is 4.79 Å². The fourth-order valence-electron chi connectivity index (χ4n) is 1.24. The van der Waals surface area contributed by atoms with Gasteiger partial charge >= 0.3 is 0 Å². The van der Waals surface area contributed by atoms with Crippen molar-refractivity contribution < 1.29 is 14.3 Å². The second kappa shape index (κ2) is 5.53. The Morgan fingerprint density at radius 2 is 2.24 bits per heavy atom. The molecule has 0 fully saturated rings. The molecule has 1 rings (SSSR count). The molecule has 0 saturated carbocycles. The fraction of sp³-hybridized carbons (Fsp3) is 0.167. The highest BCUT2D eigenvalue weighted by Gasteiger charge is 2.18. The Morgan fingerprint density at radius 1 is 1.53 bits per heavy atom. The normalized spacial score (nSPS) is 9.12. The van der Waals surface area contributed by atoms with Gasteiger partial charge in [0.2, 0.25) is 0 Å². The molecule has 0 unspecified atom stereocenters. The summed E-state index contributed by atoms with van der Waals surface area (Å²) in [4.78, 5) is 12.9. The van der Waals surface area contributed by atoms with Crippen molar-refractivity contribution in [2.45, 2.75) is 0 Å². The number of aromatic hydroxyl groups is 1. The van der Waals surface area contributed by atoms with Gasteiger partial charge in [0, 0.05) is 6.07 Å². The molecule has 0 aliphatic rings. The maximum absolute atomic E-state index is 13.4. The molecule has 4 nitrogen and oxygen atoms in total. The number of carbonyl (C=O) groups is 1. The van der Waals surface area contributed by atoms with E-state index in [1.165, 1.54) is 6.07 Å². The first kappa shape index (κ1) is 12.5. The monoisotopic (exact) mass is 232 g/mol. The van der Waals surface area contributed by atoms with E-state index in [1.807, 2.05) is 0 Å². The lowest BCUT2D eigenvalue weighted by atomic mass is 10.1. The summed E-state index contributed by atoms with van der Waals surface area (Å²) in [5.41, 5.74) is -0.228. The molecule has 1 aromatic carbocycles. The van der Waals surface area contributed by atoms with Crippen molar-refractivity contribution in [3.05, 3.63) is 29.6 Å². The molecule has 0 radical (unpaired) electrons. The molecule has 0 bridgehead atoms. The molecule has 0 aliphatic heterocycles. The summed E-state index contributed by atoms with van der Waals surface area (Å²) in [6.07, 6.45) is 5.05. The number of hydrogen-bond donors (Lipinski definition) is 1. The summed E-state index contributed by atoms with van der Waals surface area (Å²) in [5, 5.41) is 17.5. The molecule has 1 N–H and O–H groups in total. The number of nitrogens with zero attached hydrogens (tertiary/aromatic N) is 2. The topological polar surface area (TPSA) is 64.3 Å². The molecular formula is C12H9FN2O2. The average Bonchev–Trinajstić information content (AvgIpc) is 2.28. The maximum Gasteiger partial charge on any atom is 0.258 e. The van der Waals surface area contributed by atoms with Gasteiger partial charge in [-0.2, -0.15) is 5.26 Å². The van der Waals surface area contributed by atoms with Crippen LogP contribution in [0.15, 0.2) is 18.2 Å². The second-order valence-corrected chi connectivity index (χ2v) is 3.19. The lowest BCUT2D eigenvalue weighted by Gasteiger charge is -2.16. The third kappa shape index (κ3) is 2.96. The molecule has 1 amide bonds. The van der Waals surface area contributed by atoms with Gasteiger partial charge in [-0.05, 0) is 12.1 Å². The lowest BCUT2D eigenvalue weighted by Crippen LogP contribution is -2.32. The van der Waals surface area contributed by atoms with Crippen molar-refractivity contribution in [1.29, 1.82) is 5.26 Å². The van der Waals surface area contributed by atoms with Gasteiger partial charge in [0.15, 0.2) is 0 Å². The molecule has 0 saturated heterocycles. The highest BCUT2D eigenvalue weighted by Crippen LogP contribution is 2.16. The SMILES string of the molecule is C#CCN(CC#N)C(=O)c1ccc(O)cc1F. The van der Waals surface area contributed by atoms with Crippen molar-refractivity contribution in [2.24, 2.45) is 0 Å². The van der Waals surface area contributed by atoms with Gasteiger partial charge in [0.1, 0.15) is 18.1 Å². The van der Waals surface area contributed by atoms with Gasteiger partial charge in [0.05, 0.1) is 18.2 Å². The summed E-state index contributed by atoms with van der Waals surface area (Å²) in [5.74, 6) is 0.411. The number of phenols is 1. The Morgan fingerprint density at radius 3 is 2.76 bits per heavy atom. The molecule has 0 spiro atoms. The Balaban J connectivity index is 3.02. The predicted octanol–water partition coefficient (Wildman–Crippen LogP) is 1.13. The van der Waals surface area contributed by atoms with Crippen LogP contribution in [-0.2, 0) is 0 Å². The van der Waals surface area contributed by atoms with Crippen LogP contribution in [0.1, 0.15) is 10.4 Å². The largest absolute Gasteiger partial charge is 0.508 e. The van der Waals surface area contributed by atoms with Crippen LogP contribution in [-0.4, -0.2) is 29.0 Å². The zero-order valence-corrected chi connectivity index (χ0v) is 8.85. The van der Waals surface area contributed by atoms with Crippen LogP contribution in [0.25, 0.3) is 0 Å². The Kier molecular flexibility index (Phi) is 4.08. The van der Waals surface area contributed by atoms with Gasteiger partial charge < -0.3 is 10.0 Å². The summed E-state index contributed by atoms with van der Waals surface area (Å²) < 4.78 is 13.4. The molecule has 0 heterocycles. The number of nitriles is 1. The molecule has 17 heavy (non-hydrogen) atoms. The minimum Gasteiger partial charge on any atom is -0.508 e. The molecule has 5 heteroatoms. The van der Waals surface area contributed by atoms with Crippen molar-refractivity contribution >= 4 is 5.91 Å². The molecule has 86 valence electrons. The third-order valence-electron chi connectivity index (χ3n) is 2.01. The van der Waals surface area contributed by atoms with E-state index >= 15 is 0 Å². The highest BCUT2D eigenvalue weighted by molar-refractivity contribution is 5.95. The first-order chi connectivity index (χ1) is 8.10. The van der Waals surface area contributed by atoms with Crippen molar-refractivity contribution in [2.75, 3.05) is 13.1 Å². The summed E-state index contributed by atoms with van der Waals surface area (Å²) >= 11 is 0. The number of hydrogen-bond acceptors (Lipinski definition) is 3. The van der Waals surface area contributed by atoms with Crippen LogP contribution < -0.4 is 0 Å². The van der Waals surface area contributed by atoms with Crippen LogP contribution >= 0.6 is 0 Å². The van der Waals surface area contributed by atoms with Crippen molar-refractivity contribution in [3.63, 3.8) is 0 Å². The number of halogens is 1. The Bertz CT molecular complexity index is 498. The van der Waals surface area contributed by atoms with E-state index in [2.05, 4.69) is 5.92 Å². The van der Waals surface area contributed by atoms with E-state index in [1.54, 1.807) is 6.07 Å². The van der Waals surface area contributed by atoms with Crippen molar-refractivity contribution in [1.82, 2.24) is 4.90 Å². The summed E-state index contributed by atoms with van der Waals surface area (Å²) in [7, 11) is 0. The van der Waals surface area contributed by atoms with Crippen LogP contribution in [0.5, 0.6) is 5.75 Å². The molecule has 0 aromatic heterocycles. The van der Waals surface area contributed by atoms with E-state index in [0.29, 0.717) is 0 Å². The van der Waals surface area contributed by atoms with Gasteiger partial charge in [-0.15, -0.1) is 6.42 Å². The van der Waals surface area contributed by atoms with Gasteiger partial charge in [-0.25, -0.2) is 4.39 Å². The van der Waals surface area contributed by atoms with Gasteiger partial charge in [-0.1, -0.05) is 5.92 Å². The maximum atomic E-state index is 13.4. The first-order valence-electron chi connectivity index (χ1n) is 4.68. The number of rotatable bonds is 3. The Hall–Kier alpha value is -2.53. The molecule has 0 atom stereocenters. The zero-order valence-electron chi connectivity index (χ0n) is 8.85.